The molecule has 0 aliphatic carbocycles. The molecule has 0 atom stereocenters. The Kier molecular flexibility index (Phi) is 5.25. The Morgan fingerprint density at radius 2 is 1.80 bits per heavy atom. The SMILES string of the molecule is Cc1ccc(Nc2nnc(SCc3ccc(Cl)cc3)n(N)c2=O)cc1. The first kappa shape index (κ1) is 17.3. The minimum Gasteiger partial charge on any atom is -0.334 e. The highest BCUT2D eigenvalue weighted by atomic mass is 35.5. The Bertz CT molecular complexity index is 925. The van der Waals surface area contributed by atoms with Gasteiger partial charge in [0.1, 0.15) is 0 Å². The maximum absolute atomic E-state index is 12.4. The molecule has 3 N–H and O–H groups in total. The lowest BCUT2D eigenvalue weighted by Gasteiger charge is -2.09. The van der Waals surface area contributed by atoms with Crippen molar-refractivity contribution in [3.05, 3.63) is 75.0 Å². The molecule has 0 fully saturated rings. The average molecular weight is 374 g/mol. The second kappa shape index (κ2) is 7.58. The van der Waals surface area contributed by atoms with E-state index in [2.05, 4.69) is 15.5 Å². The molecule has 0 aliphatic heterocycles. The molecular formula is C17H16ClN5OS. The van der Waals surface area contributed by atoms with Crippen molar-refractivity contribution in [1.29, 1.82) is 0 Å². The number of hydrogen-bond acceptors (Lipinski definition) is 6. The van der Waals surface area contributed by atoms with Gasteiger partial charge in [-0.1, -0.05) is 53.2 Å². The normalized spacial score (nSPS) is 10.6. The number of aryl methyl sites for hydroxylation is 1. The van der Waals surface area contributed by atoms with Crippen molar-refractivity contribution in [3.8, 4) is 0 Å². The van der Waals surface area contributed by atoms with Gasteiger partial charge in [0.25, 0.3) is 0 Å². The van der Waals surface area contributed by atoms with Crippen molar-refractivity contribution in [2.24, 2.45) is 0 Å². The molecule has 25 heavy (non-hydrogen) atoms. The van der Waals surface area contributed by atoms with Crippen molar-refractivity contribution in [3.63, 3.8) is 0 Å². The van der Waals surface area contributed by atoms with Gasteiger partial charge < -0.3 is 11.2 Å². The van der Waals surface area contributed by atoms with Gasteiger partial charge in [0, 0.05) is 16.5 Å². The number of nitrogen functional groups attached to an aromatic ring is 1. The van der Waals surface area contributed by atoms with E-state index in [-0.39, 0.29) is 5.82 Å². The lowest BCUT2D eigenvalue weighted by atomic mass is 10.2. The molecule has 1 aromatic heterocycles. The van der Waals surface area contributed by atoms with Crippen LogP contribution >= 0.6 is 23.4 Å². The van der Waals surface area contributed by atoms with E-state index >= 15 is 0 Å². The van der Waals surface area contributed by atoms with Crippen LogP contribution in [0, 0.1) is 6.92 Å². The number of halogens is 1. The summed E-state index contributed by atoms with van der Waals surface area (Å²) in [4.78, 5) is 12.4. The Balaban J connectivity index is 1.74. The van der Waals surface area contributed by atoms with Crippen molar-refractivity contribution in [2.45, 2.75) is 17.8 Å². The number of anilines is 2. The molecule has 0 saturated heterocycles. The van der Waals surface area contributed by atoms with E-state index < -0.39 is 5.56 Å². The molecule has 8 heteroatoms. The third-order valence-corrected chi connectivity index (χ3v) is 4.72. The zero-order valence-corrected chi connectivity index (χ0v) is 15.0. The van der Waals surface area contributed by atoms with Crippen LogP contribution in [-0.4, -0.2) is 14.9 Å². The Labute approximate surface area is 154 Å². The summed E-state index contributed by atoms with van der Waals surface area (Å²) in [5.41, 5.74) is 2.49. The van der Waals surface area contributed by atoms with E-state index in [4.69, 9.17) is 17.4 Å². The highest BCUT2D eigenvalue weighted by Gasteiger charge is 2.11. The fourth-order valence-electron chi connectivity index (χ4n) is 2.06. The summed E-state index contributed by atoms with van der Waals surface area (Å²) in [6.07, 6.45) is 0. The van der Waals surface area contributed by atoms with Crippen LogP contribution < -0.4 is 16.7 Å². The van der Waals surface area contributed by atoms with E-state index in [1.165, 1.54) is 11.8 Å². The first-order chi connectivity index (χ1) is 12.0. The van der Waals surface area contributed by atoms with Gasteiger partial charge in [-0.25, -0.2) is 0 Å². The second-order valence-corrected chi connectivity index (χ2v) is 6.79. The molecule has 0 bridgehead atoms. The van der Waals surface area contributed by atoms with Gasteiger partial charge in [0.15, 0.2) is 0 Å². The topological polar surface area (TPSA) is 85.8 Å². The number of nitrogens with two attached hydrogens (primary N) is 1. The fourth-order valence-corrected chi connectivity index (χ4v) is 3.00. The standard InChI is InChI=1S/C17H16ClN5OS/c1-11-2-8-14(9-3-11)20-15-16(24)23(19)17(22-21-15)25-10-12-4-6-13(18)7-5-12/h2-9H,10,19H2,1H3,(H,20,21). The van der Waals surface area contributed by atoms with Gasteiger partial charge in [-0.2, -0.15) is 4.68 Å². The molecule has 1 heterocycles. The van der Waals surface area contributed by atoms with E-state index in [9.17, 15) is 4.79 Å². The van der Waals surface area contributed by atoms with Crippen molar-refractivity contribution < 1.29 is 0 Å². The van der Waals surface area contributed by atoms with Crippen LogP contribution in [0.15, 0.2) is 58.5 Å². The predicted molar refractivity (Wildman–Crippen MR) is 102 cm³/mol. The summed E-state index contributed by atoms with van der Waals surface area (Å²) in [5.74, 6) is 6.56. The van der Waals surface area contributed by atoms with Crippen molar-refractivity contribution in [2.75, 3.05) is 11.2 Å². The van der Waals surface area contributed by atoms with Crippen LogP contribution in [-0.2, 0) is 5.75 Å². The minimum atomic E-state index is -0.436. The summed E-state index contributed by atoms with van der Waals surface area (Å²) in [6.45, 7) is 1.99. The Morgan fingerprint density at radius 1 is 1.12 bits per heavy atom. The summed E-state index contributed by atoms with van der Waals surface area (Å²) < 4.78 is 1.00. The highest BCUT2D eigenvalue weighted by molar-refractivity contribution is 7.98. The van der Waals surface area contributed by atoms with Crippen LogP contribution in [0.3, 0.4) is 0 Å². The number of nitrogens with one attached hydrogen (secondary N) is 1. The van der Waals surface area contributed by atoms with Gasteiger partial charge in [-0.05, 0) is 36.8 Å². The highest BCUT2D eigenvalue weighted by Crippen LogP contribution is 2.20. The number of rotatable bonds is 5. The maximum atomic E-state index is 12.4. The van der Waals surface area contributed by atoms with Gasteiger partial charge in [0.2, 0.25) is 11.0 Å². The molecular weight excluding hydrogens is 358 g/mol. The molecule has 6 nitrogen and oxygen atoms in total. The molecule has 0 unspecified atom stereocenters. The zero-order valence-electron chi connectivity index (χ0n) is 13.4. The number of hydrogen-bond donors (Lipinski definition) is 2. The Morgan fingerprint density at radius 3 is 2.48 bits per heavy atom. The van der Waals surface area contributed by atoms with Crippen molar-refractivity contribution in [1.82, 2.24) is 14.9 Å². The van der Waals surface area contributed by atoms with Crippen LogP contribution in [0.1, 0.15) is 11.1 Å². The zero-order chi connectivity index (χ0) is 17.8. The number of nitrogens with zero attached hydrogens (tertiary/aromatic N) is 3. The van der Waals surface area contributed by atoms with Gasteiger partial charge >= 0.3 is 5.56 Å². The number of thioether (sulfide) groups is 1. The summed E-state index contributed by atoms with van der Waals surface area (Å²) >= 11 is 7.20. The van der Waals surface area contributed by atoms with Crippen LogP contribution in [0.4, 0.5) is 11.5 Å². The summed E-state index contributed by atoms with van der Waals surface area (Å²) in [7, 11) is 0. The summed E-state index contributed by atoms with van der Waals surface area (Å²) in [6, 6.07) is 15.0. The quantitative estimate of drug-likeness (QED) is 0.527. The van der Waals surface area contributed by atoms with Crippen LogP contribution in [0.25, 0.3) is 0 Å². The lowest BCUT2D eigenvalue weighted by Crippen LogP contribution is -2.32. The minimum absolute atomic E-state index is 0.0854. The molecule has 0 amide bonds. The third-order valence-electron chi connectivity index (χ3n) is 3.46. The maximum Gasteiger partial charge on any atom is 0.315 e. The first-order valence-corrected chi connectivity index (χ1v) is 8.85. The second-order valence-electron chi connectivity index (χ2n) is 5.41. The third kappa shape index (κ3) is 4.32. The van der Waals surface area contributed by atoms with E-state index in [0.29, 0.717) is 15.9 Å². The molecule has 0 saturated carbocycles. The molecule has 3 aromatic rings. The molecule has 0 radical (unpaired) electrons. The van der Waals surface area contributed by atoms with E-state index in [0.717, 1.165) is 21.5 Å². The van der Waals surface area contributed by atoms with E-state index in [1.54, 1.807) is 0 Å². The Hall–Kier alpha value is -2.51. The smallest absolute Gasteiger partial charge is 0.315 e. The first-order valence-electron chi connectivity index (χ1n) is 7.48. The number of aromatic nitrogens is 3. The summed E-state index contributed by atoms with van der Waals surface area (Å²) in [5, 5.41) is 12.0. The predicted octanol–water partition coefficient (Wildman–Crippen LogP) is 3.35. The number of benzene rings is 2. The van der Waals surface area contributed by atoms with Gasteiger partial charge in [0.05, 0.1) is 0 Å². The fraction of sp³-hybridized carbons (Fsp3) is 0.118. The molecule has 0 spiro atoms. The average Bonchev–Trinajstić information content (AvgIpc) is 2.61. The van der Waals surface area contributed by atoms with Crippen LogP contribution in [0.2, 0.25) is 5.02 Å². The van der Waals surface area contributed by atoms with Crippen LogP contribution in [0.5, 0.6) is 0 Å². The van der Waals surface area contributed by atoms with Crippen molar-refractivity contribution >= 4 is 34.9 Å². The molecule has 128 valence electrons. The largest absolute Gasteiger partial charge is 0.334 e. The van der Waals surface area contributed by atoms with E-state index in [1.807, 2.05) is 55.5 Å². The van der Waals surface area contributed by atoms with Gasteiger partial charge in [-0.15, -0.1) is 10.2 Å². The lowest BCUT2D eigenvalue weighted by molar-refractivity contribution is 0.705. The monoisotopic (exact) mass is 373 g/mol. The van der Waals surface area contributed by atoms with Gasteiger partial charge in [-0.3, -0.25) is 4.79 Å². The molecule has 3 rings (SSSR count). The molecule has 0 aliphatic rings. The molecule has 2 aromatic carbocycles.